The molecule has 0 bridgehead atoms. The largest absolute Gasteiger partial charge is 0.310 e. The van der Waals surface area contributed by atoms with E-state index in [0.717, 1.165) is 6.54 Å². The minimum Gasteiger partial charge on any atom is -0.310 e. The van der Waals surface area contributed by atoms with E-state index >= 15 is 0 Å². The van der Waals surface area contributed by atoms with Crippen molar-refractivity contribution in [3.8, 4) is 0 Å². The number of hydrogen-bond acceptors (Lipinski definition) is 3. The summed E-state index contributed by atoms with van der Waals surface area (Å²) in [7, 11) is 4.31. The van der Waals surface area contributed by atoms with Crippen LogP contribution >= 0.6 is 0 Å². The summed E-state index contributed by atoms with van der Waals surface area (Å²) in [5.41, 5.74) is 0.347. The summed E-state index contributed by atoms with van der Waals surface area (Å²) in [4.78, 5) is 4.90. The Kier molecular flexibility index (Phi) is 6.45. The summed E-state index contributed by atoms with van der Waals surface area (Å²) in [6, 6.07) is 0. The first-order valence-corrected chi connectivity index (χ1v) is 7.18. The van der Waals surface area contributed by atoms with Crippen LogP contribution in [0.2, 0.25) is 0 Å². The van der Waals surface area contributed by atoms with Gasteiger partial charge in [0.1, 0.15) is 0 Å². The predicted molar refractivity (Wildman–Crippen MR) is 75.5 cm³/mol. The fourth-order valence-electron chi connectivity index (χ4n) is 2.67. The molecule has 1 aliphatic heterocycles. The zero-order valence-corrected chi connectivity index (χ0v) is 12.3. The lowest BCUT2D eigenvalue weighted by Gasteiger charge is -2.39. The number of likely N-dealkylation sites (N-methyl/N-ethyl adjacent to an activating group) is 1. The van der Waals surface area contributed by atoms with Gasteiger partial charge in [-0.2, -0.15) is 0 Å². The fraction of sp³-hybridized carbons (Fsp3) is 1.00. The average molecular weight is 241 g/mol. The Bertz CT molecular complexity index is 198. The van der Waals surface area contributed by atoms with Gasteiger partial charge >= 0.3 is 0 Å². The SMILES string of the molecule is CCCN(CCN(C)C)CC1(C)CCCCN1. The lowest BCUT2D eigenvalue weighted by molar-refractivity contribution is 0.154. The Labute approximate surface area is 108 Å². The Balaban J connectivity index is 2.40. The Morgan fingerprint density at radius 2 is 1.88 bits per heavy atom. The van der Waals surface area contributed by atoms with E-state index in [0.29, 0.717) is 5.54 Å². The van der Waals surface area contributed by atoms with E-state index in [4.69, 9.17) is 0 Å². The van der Waals surface area contributed by atoms with Crippen LogP contribution in [-0.2, 0) is 0 Å². The van der Waals surface area contributed by atoms with Crippen molar-refractivity contribution in [2.45, 2.75) is 45.1 Å². The first-order chi connectivity index (χ1) is 8.06. The van der Waals surface area contributed by atoms with E-state index < -0.39 is 0 Å². The van der Waals surface area contributed by atoms with Crippen molar-refractivity contribution in [3.05, 3.63) is 0 Å². The van der Waals surface area contributed by atoms with Crippen molar-refractivity contribution in [2.75, 3.05) is 46.8 Å². The van der Waals surface area contributed by atoms with Crippen LogP contribution in [0.15, 0.2) is 0 Å². The molecular weight excluding hydrogens is 210 g/mol. The van der Waals surface area contributed by atoms with Crippen molar-refractivity contribution >= 4 is 0 Å². The van der Waals surface area contributed by atoms with E-state index in [1.807, 2.05) is 0 Å². The third-order valence-electron chi connectivity index (χ3n) is 3.68. The van der Waals surface area contributed by atoms with Gasteiger partial charge in [-0.25, -0.2) is 0 Å². The summed E-state index contributed by atoms with van der Waals surface area (Å²) in [5.74, 6) is 0. The molecule has 0 saturated carbocycles. The molecule has 102 valence electrons. The maximum Gasteiger partial charge on any atom is 0.0280 e. The average Bonchev–Trinajstić information content (AvgIpc) is 2.27. The van der Waals surface area contributed by atoms with Crippen LogP contribution < -0.4 is 5.32 Å². The van der Waals surface area contributed by atoms with Gasteiger partial charge in [-0.3, -0.25) is 0 Å². The van der Waals surface area contributed by atoms with E-state index in [-0.39, 0.29) is 0 Å². The lowest BCUT2D eigenvalue weighted by Crippen LogP contribution is -2.54. The van der Waals surface area contributed by atoms with Gasteiger partial charge < -0.3 is 15.1 Å². The molecule has 1 saturated heterocycles. The number of nitrogens with one attached hydrogen (secondary N) is 1. The third-order valence-corrected chi connectivity index (χ3v) is 3.68. The van der Waals surface area contributed by atoms with Crippen LogP contribution in [0.3, 0.4) is 0 Å². The Morgan fingerprint density at radius 3 is 2.41 bits per heavy atom. The first kappa shape index (κ1) is 14.9. The molecule has 1 N–H and O–H groups in total. The molecule has 0 aromatic carbocycles. The van der Waals surface area contributed by atoms with Crippen molar-refractivity contribution in [1.29, 1.82) is 0 Å². The van der Waals surface area contributed by atoms with Crippen molar-refractivity contribution in [3.63, 3.8) is 0 Å². The van der Waals surface area contributed by atoms with Gasteiger partial charge in [0.05, 0.1) is 0 Å². The lowest BCUT2D eigenvalue weighted by atomic mass is 9.90. The number of nitrogens with zero attached hydrogens (tertiary/aromatic N) is 2. The highest BCUT2D eigenvalue weighted by Crippen LogP contribution is 2.20. The number of piperidine rings is 1. The molecule has 0 amide bonds. The molecule has 0 radical (unpaired) electrons. The second kappa shape index (κ2) is 7.34. The van der Waals surface area contributed by atoms with E-state index in [1.54, 1.807) is 0 Å². The topological polar surface area (TPSA) is 18.5 Å². The number of rotatable bonds is 7. The Morgan fingerprint density at radius 1 is 1.12 bits per heavy atom. The maximum atomic E-state index is 3.72. The summed E-state index contributed by atoms with van der Waals surface area (Å²) in [5, 5.41) is 3.72. The molecule has 17 heavy (non-hydrogen) atoms. The second-order valence-corrected chi connectivity index (χ2v) is 6.02. The molecule has 1 heterocycles. The van der Waals surface area contributed by atoms with Gasteiger partial charge in [0.15, 0.2) is 0 Å². The summed E-state index contributed by atoms with van der Waals surface area (Å²) in [6.07, 6.45) is 5.32. The standard InChI is InChI=1S/C14H31N3/c1-5-10-17(12-11-16(3)4)13-14(2)8-6-7-9-15-14/h15H,5-13H2,1-4H3. The van der Waals surface area contributed by atoms with Crippen LogP contribution in [-0.4, -0.2) is 62.2 Å². The summed E-state index contributed by atoms with van der Waals surface area (Å²) < 4.78 is 0. The maximum absolute atomic E-state index is 3.72. The molecule has 3 nitrogen and oxygen atoms in total. The summed E-state index contributed by atoms with van der Waals surface area (Å²) in [6.45, 7) is 10.7. The fourth-order valence-corrected chi connectivity index (χ4v) is 2.67. The van der Waals surface area contributed by atoms with Gasteiger partial charge in [-0.15, -0.1) is 0 Å². The zero-order chi connectivity index (χ0) is 12.7. The molecule has 1 rings (SSSR count). The minimum absolute atomic E-state index is 0.347. The van der Waals surface area contributed by atoms with Crippen molar-refractivity contribution in [1.82, 2.24) is 15.1 Å². The van der Waals surface area contributed by atoms with Crippen LogP contribution in [0.4, 0.5) is 0 Å². The zero-order valence-electron chi connectivity index (χ0n) is 12.3. The highest BCUT2D eigenvalue weighted by molar-refractivity contribution is 4.89. The molecule has 1 aliphatic rings. The van der Waals surface area contributed by atoms with Gasteiger partial charge in [-0.1, -0.05) is 13.3 Å². The van der Waals surface area contributed by atoms with Crippen LogP contribution in [0.5, 0.6) is 0 Å². The van der Waals surface area contributed by atoms with Gasteiger partial charge in [0.2, 0.25) is 0 Å². The van der Waals surface area contributed by atoms with E-state index in [9.17, 15) is 0 Å². The van der Waals surface area contributed by atoms with E-state index in [2.05, 4.69) is 43.1 Å². The minimum atomic E-state index is 0.347. The van der Waals surface area contributed by atoms with Gasteiger partial charge in [-0.05, 0) is 53.4 Å². The third kappa shape index (κ3) is 5.84. The predicted octanol–water partition coefficient (Wildman–Crippen LogP) is 1.79. The number of hydrogen-bond donors (Lipinski definition) is 1. The highest BCUT2D eigenvalue weighted by Gasteiger charge is 2.28. The van der Waals surface area contributed by atoms with Crippen molar-refractivity contribution in [2.24, 2.45) is 0 Å². The molecule has 0 aromatic rings. The molecule has 1 atom stereocenters. The smallest absolute Gasteiger partial charge is 0.0280 e. The van der Waals surface area contributed by atoms with Gasteiger partial charge in [0, 0.05) is 25.2 Å². The molecule has 0 aromatic heterocycles. The molecule has 0 spiro atoms. The molecular formula is C14H31N3. The van der Waals surface area contributed by atoms with Crippen LogP contribution in [0.25, 0.3) is 0 Å². The molecule has 1 fully saturated rings. The Hall–Kier alpha value is -0.120. The normalized spacial score (nSPS) is 25.8. The first-order valence-electron chi connectivity index (χ1n) is 7.18. The van der Waals surface area contributed by atoms with E-state index in [1.165, 1.54) is 51.9 Å². The quantitative estimate of drug-likeness (QED) is 0.733. The highest BCUT2D eigenvalue weighted by atomic mass is 15.2. The van der Waals surface area contributed by atoms with Crippen molar-refractivity contribution < 1.29 is 0 Å². The summed E-state index contributed by atoms with van der Waals surface area (Å²) >= 11 is 0. The molecule has 3 heteroatoms. The molecule has 1 unspecified atom stereocenters. The van der Waals surface area contributed by atoms with Gasteiger partial charge in [0.25, 0.3) is 0 Å². The van der Waals surface area contributed by atoms with Crippen LogP contribution in [0.1, 0.15) is 39.5 Å². The second-order valence-electron chi connectivity index (χ2n) is 6.02. The molecule has 0 aliphatic carbocycles. The monoisotopic (exact) mass is 241 g/mol. The van der Waals surface area contributed by atoms with Crippen LogP contribution in [0, 0.1) is 0 Å².